The van der Waals surface area contributed by atoms with Crippen molar-refractivity contribution in [2.75, 3.05) is 0 Å². The molecule has 1 saturated carbocycles. The van der Waals surface area contributed by atoms with E-state index in [0.29, 0.717) is 22.5 Å². The van der Waals surface area contributed by atoms with Crippen molar-refractivity contribution in [1.29, 1.82) is 0 Å². The fourth-order valence-corrected chi connectivity index (χ4v) is 3.14. The standard InChI is InChI=1S/C16H18BrFN2O/c17-14-6-5-11(9-15(14)18)16(21)10-12-7-8-20(19-12)13-3-1-2-4-13/h5-9,13,16,21H,1-4,10H2. The van der Waals surface area contributed by atoms with Crippen LogP contribution < -0.4 is 0 Å². The summed E-state index contributed by atoms with van der Waals surface area (Å²) < 4.78 is 15.9. The fraction of sp³-hybridized carbons (Fsp3) is 0.438. The summed E-state index contributed by atoms with van der Waals surface area (Å²) in [5.41, 5.74) is 1.42. The van der Waals surface area contributed by atoms with Gasteiger partial charge in [0.25, 0.3) is 0 Å². The normalized spacial score (nSPS) is 17.3. The van der Waals surface area contributed by atoms with E-state index in [1.54, 1.807) is 12.1 Å². The highest BCUT2D eigenvalue weighted by atomic mass is 79.9. The van der Waals surface area contributed by atoms with Crippen molar-refractivity contribution >= 4 is 15.9 Å². The van der Waals surface area contributed by atoms with E-state index in [0.717, 1.165) is 5.69 Å². The molecular formula is C16H18BrFN2O. The molecule has 1 heterocycles. The predicted octanol–water partition coefficient (Wildman–Crippen LogP) is 4.18. The van der Waals surface area contributed by atoms with Crippen molar-refractivity contribution in [2.45, 2.75) is 44.2 Å². The van der Waals surface area contributed by atoms with Crippen LogP contribution in [0.4, 0.5) is 4.39 Å². The molecule has 1 fully saturated rings. The van der Waals surface area contributed by atoms with Crippen LogP contribution in [0.5, 0.6) is 0 Å². The lowest BCUT2D eigenvalue weighted by atomic mass is 10.1. The maximum atomic E-state index is 13.5. The molecule has 0 amide bonds. The Bertz CT molecular complexity index is 622. The molecule has 21 heavy (non-hydrogen) atoms. The Morgan fingerprint density at radius 1 is 1.33 bits per heavy atom. The highest BCUT2D eigenvalue weighted by molar-refractivity contribution is 9.10. The Labute approximate surface area is 131 Å². The van der Waals surface area contributed by atoms with Gasteiger partial charge >= 0.3 is 0 Å². The smallest absolute Gasteiger partial charge is 0.137 e. The number of rotatable bonds is 4. The Hall–Kier alpha value is -1.20. The van der Waals surface area contributed by atoms with E-state index < -0.39 is 6.10 Å². The molecule has 1 aliphatic carbocycles. The van der Waals surface area contributed by atoms with Gasteiger partial charge in [0.05, 0.1) is 22.3 Å². The van der Waals surface area contributed by atoms with Crippen LogP contribution in [-0.2, 0) is 6.42 Å². The van der Waals surface area contributed by atoms with E-state index in [1.807, 2.05) is 16.9 Å². The van der Waals surface area contributed by atoms with Crippen LogP contribution >= 0.6 is 15.9 Å². The number of halogens is 2. The van der Waals surface area contributed by atoms with E-state index in [2.05, 4.69) is 21.0 Å². The number of aliphatic hydroxyl groups excluding tert-OH is 1. The van der Waals surface area contributed by atoms with Crippen LogP contribution in [0.2, 0.25) is 0 Å². The van der Waals surface area contributed by atoms with Crippen LogP contribution in [0.1, 0.15) is 49.1 Å². The SMILES string of the molecule is OC(Cc1ccn(C2CCCC2)n1)c1ccc(Br)c(F)c1. The molecule has 1 N–H and O–H groups in total. The number of aromatic nitrogens is 2. The third kappa shape index (κ3) is 3.35. The third-order valence-electron chi connectivity index (χ3n) is 4.09. The van der Waals surface area contributed by atoms with Gasteiger partial charge in [-0.3, -0.25) is 4.68 Å². The summed E-state index contributed by atoms with van der Waals surface area (Å²) in [4.78, 5) is 0. The van der Waals surface area contributed by atoms with Gasteiger partial charge < -0.3 is 5.11 Å². The zero-order chi connectivity index (χ0) is 14.8. The summed E-state index contributed by atoms with van der Waals surface area (Å²) in [6.45, 7) is 0. The molecule has 0 spiro atoms. The third-order valence-corrected chi connectivity index (χ3v) is 4.74. The fourth-order valence-electron chi connectivity index (χ4n) is 2.89. The first-order chi connectivity index (χ1) is 10.1. The van der Waals surface area contributed by atoms with Crippen LogP contribution in [0.15, 0.2) is 34.9 Å². The second-order valence-corrected chi connectivity index (χ2v) is 6.47. The maximum Gasteiger partial charge on any atom is 0.137 e. The summed E-state index contributed by atoms with van der Waals surface area (Å²) >= 11 is 3.11. The van der Waals surface area contributed by atoms with Crippen molar-refractivity contribution in [3.63, 3.8) is 0 Å². The minimum Gasteiger partial charge on any atom is -0.388 e. The van der Waals surface area contributed by atoms with Crippen LogP contribution in [0, 0.1) is 5.82 Å². The van der Waals surface area contributed by atoms with Gasteiger partial charge in [0.1, 0.15) is 5.82 Å². The Kier molecular flexibility index (Phi) is 4.40. The number of aliphatic hydroxyl groups is 1. The molecule has 0 aliphatic heterocycles. The number of hydrogen-bond donors (Lipinski definition) is 1. The molecule has 1 unspecified atom stereocenters. The highest BCUT2D eigenvalue weighted by Gasteiger charge is 2.18. The lowest BCUT2D eigenvalue weighted by Crippen LogP contribution is -2.07. The zero-order valence-electron chi connectivity index (χ0n) is 11.7. The Morgan fingerprint density at radius 2 is 2.10 bits per heavy atom. The molecule has 1 aromatic carbocycles. The lowest BCUT2D eigenvalue weighted by molar-refractivity contribution is 0.176. The van der Waals surface area contributed by atoms with E-state index >= 15 is 0 Å². The number of benzene rings is 1. The summed E-state index contributed by atoms with van der Waals surface area (Å²) in [6, 6.07) is 7.15. The predicted molar refractivity (Wildman–Crippen MR) is 82.5 cm³/mol. The average molecular weight is 353 g/mol. The van der Waals surface area contributed by atoms with Crippen molar-refractivity contribution in [2.24, 2.45) is 0 Å². The quantitative estimate of drug-likeness (QED) is 0.896. The van der Waals surface area contributed by atoms with Gasteiger partial charge in [-0.15, -0.1) is 0 Å². The molecule has 112 valence electrons. The molecule has 0 saturated heterocycles. The maximum absolute atomic E-state index is 13.5. The minimum absolute atomic E-state index is 0.358. The Balaban J connectivity index is 1.69. The number of nitrogens with zero attached hydrogens (tertiary/aromatic N) is 2. The lowest BCUT2D eigenvalue weighted by Gasteiger charge is -2.11. The second-order valence-electron chi connectivity index (χ2n) is 5.62. The monoisotopic (exact) mass is 352 g/mol. The van der Waals surface area contributed by atoms with Gasteiger partial charge in [0, 0.05) is 12.6 Å². The van der Waals surface area contributed by atoms with Gasteiger partial charge in [-0.05, 0) is 52.5 Å². The Morgan fingerprint density at radius 3 is 2.81 bits per heavy atom. The molecular weight excluding hydrogens is 335 g/mol. The van der Waals surface area contributed by atoms with Crippen molar-refractivity contribution < 1.29 is 9.50 Å². The highest BCUT2D eigenvalue weighted by Crippen LogP contribution is 2.29. The first kappa shape index (κ1) is 14.7. The van der Waals surface area contributed by atoms with E-state index in [1.165, 1.54) is 31.7 Å². The summed E-state index contributed by atoms with van der Waals surface area (Å²) in [5.74, 6) is -0.358. The summed E-state index contributed by atoms with van der Waals surface area (Å²) in [6.07, 6.45) is 6.55. The van der Waals surface area contributed by atoms with Crippen molar-refractivity contribution in [3.05, 3.63) is 52.0 Å². The average Bonchev–Trinajstić information content (AvgIpc) is 3.12. The van der Waals surface area contributed by atoms with Gasteiger partial charge in [-0.2, -0.15) is 5.10 Å². The van der Waals surface area contributed by atoms with Crippen LogP contribution in [-0.4, -0.2) is 14.9 Å². The first-order valence-electron chi connectivity index (χ1n) is 7.30. The number of hydrogen-bond acceptors (Lipinski definition) is 2. The van der Waals surface area contributed by atoms with Gasteiger partial charge in [0.2, 0.25) is 0 Å². The molecule has 2 aromatic rings. The molecule has 0 radical (unpaired) electrons. The van der Waals surface area contributed by atoms with Gasteiger partial charge in [0.15, 0.2) is 0 Å². The van der Waals surface area contributed by atoms with E-state index in [9.17, 15) is 9.50 Å². The molecule has 1 atom stereocenters. The first-order valence-corrected chi connectivity index (χ1v) is 8.10. The van der Waals surface area contributed by atoms with Crippen LogP contribution in [0.25, 0.3) is 0 Å². The summed E-state index contributed by atoms with van der Waals surface area (Å²) in [7, 11) is 0. The van der Waals surface area contributed by atoms with Crippen molar-refractivity contribution in [3.8, 4) is 0 Å². The largest absolute Gasteiger partial charge is 0.388 e. The molecule has 3 nitrogen and oxygen atoms in total. The molecule has 5 heteroatoms. The second kappa shape index (κ2) is 6.28. The minimum atomic E-state index is -0.737. The van der Waals surface area contributed by atoms with E-state index in [-0.39, 0.29) is 5.82 Å². The van der Waals surface area contributed by atoms with Crippen LogP contribution in [0.3, 0.4) is 0 Å². The van der Waals surface area contributed by atoms with Crippen molar-refractivity contribution in [1.82, 2.24) is 9.78 Å². The summed E-state index contributed by atoms with van der Waals surface area (Å²) in [5, 5.41) is 14.8. The molecule has 1 aromatic heterocycles. The molecule has 3 rings (SSSR count). The molecule has 1 aliphatic rings. The zero-order valence-corrected chi connectivity index (χ0v) is 13.3. The topological polar surface area (TPSA) is 38.0 Å². The van der Waals surface area contributed by atoms with Gasteiger partial charge in [-0.1, -0.05) is 18.9 Å². The van der Waals surface area contributed by atoms with E-state index in [4.69, 9.17) is 0 Å². The van der Waals surface area contributed by atoms with Gasteiger partial charge in [-0.25, -0.2) is 4.39 Å². The molecule has 0 bridgehead atoms.